The molecule has 0 radical (unpaired) electrons. The summed E-state index contributed by atoms with van der Waals surface area (Å²) in [7, 11) is 0. The number of benzene rings is 2. The summed E-state index contributed by atoms with van der Waals surface area (Å²) >= 11 is 0. The Bertz CT molecular complexity index is 1320. The molecule has 6 heteroatoms. The first-order chi connectivity index (χ1) is 17.0. The van der Waals surface area contributed by atoms with Crippen molar-refractivity contribution >= 4 is 22.9 Å². The van der Waals surface area contributed by atoms with Crippen LogP contribution in [0.25, 0.3) is 11.1 Å². The number of amides is 2. The van der Waals surface area contributed by atoms with Crippen LogP contribution in [0.4, 0.5) is 0 Å². The van der Waals surface area contributed by atoms with E-state index < -0.39 is 0 Å². The fourth-order valence-electron chi connectivity index (χ4n) is 4.90. The van der Waals surface area contributed by atoms with Crippen LogP contribution in [-0.2, 0) is 17.8 Å². The monoisotopic (exact) mass is 469 g/mol. The molecule has 6 nitrogen and oxygen atoms in total. The standard InChI is InChI=1S/C29H31N3O3/c1-21-8-10-24(11-9-21)20-32-26(18-25-14-17-35-29(25)32)28(34)30-15-16-31(22(2)19-30)27(33)13-12-23-6-4-3-5-7-23/h3-11,14,17-18,22H,12-13,15-16,19-20H2,1-2H3/t22-/m0/s1. The van der Waals surface area contributed by atoms with Gasteiger partial charge in [0.15, 0.2) is 0 Å². The summed E-state index contributed by atoms with van der Waals surface area (Å²) in [6, 6.07) is 22.2. The van der Waals surface area contributed by atoms with Crippen LogP contribution in [0.15, 0.2) is 77.4 Å². The molecule has 1 aliphatic heterocycles. The lowest BCUT2D eigenvalue weighted by molar-refractivity contribution is -0.135. The molecule has 0 aliphatic carbocycles. The second-order valence-electron chi connectivity index (χ2n) is 9.46. The van der Waals surface area contributed by atoms with Crippen molar-refractivity contribution in [2.45, 2.75) is 39.3 Å². The van der Waals surface area contributed by atoms with Gasteiger partial charge < -0.3 is 18.8 Å². The van der Waals surface area contributed by atoms with Gasteiger partial charge in [-0.3, -0.25) is 9.59 Å². The van der Waals surface area contributed by atoms with Gasteiger partial charge in [0.2, 0.25) is 11.6 Å². The van der Waals surface area contributed by atoms with E-state index in [0.717, 1.165) is 17.4 Å². The summed E-state index contributed by atoms with van der Waals surface area (Å²) in [6.07, 6.45) is 2.88. The quantitative estimate of drug-likeness (QED) is 0.404. The molecular formula is C29H31N3O3. The van der Waals surface area contributed by atoms with Gasteiger partial charge in [0.05, 0.1) is 12.8 Å². The number of aromatic nitrogens is 1. The molecule has 2 aromatic carbocycles. The molecule has 5 rings (SSSR count). The first-order valence-electron chi connectivity index (χ1n) is 12.2. The van der Waals surface area contributed by atoms with E-state index in [4.69, 9.17) is 4.42 Å². The van der Waals surface area contributed by atoms with Gasteiger partial charge in [0.1, 0.15) is 5.69 Å². The molecule has 0 saturated carbocycles. The van der Waals surface area contributed by atoms with E-state index in [2.05, 4.69) is 43.3 Å². The average Bonchev–Trinajstić information content (AvgIpc) is 3.46. The first kappa shape index (κ1) is 23.0. The van der Waals surface area contributed by atoms with Gasteiger partial charge in [-0.15, -0.1) is 0 Å². The highest BCUT2D eigenvalue weighted by Crippen LogP contribution is 2.25. The molecule has 0 unspecified atom stereocenters. The van der Waals surface area contributed by atoms with Gasteiger partial charge in [-0.05, 0) is 43.5 Å². The number of rotatable bonds is 6. The van der Waals surface area contributed by atoms with Crippen molar-refractivity contribution in [2.75, 3.05) is 19.6 Å². The normalized spacial score (nSPS) is 16.1. The summed E-state index contributed by atoms with van der Waals surface area (Å²) < 4.78 is 7.70. The van der Waals surface area contributed by atoms with Crippen LogP contribution >= 0.6 is 0 Å². The fourth-order valence-corrected chi connectivity index (χ4v) is 4.90. The molecule has 35 heavy (non-hydrogen) atoms. The lowest BCUT2D eigenvalue weighted by atomic mass is 10.1. The molecule has 4 aromatic rings. The summed E-state index contributed by atoms with van der Waals surface area (Å²) in [5.74, 6) is 0.125. The summed E-state index contributed by atoms with van der Waals surface area (Å²) in [5.41, 5.74) is 4.81. The number of fused-ring (bicyclic) bond motifs is 1. The van der Waals surface area contributed by atoms with Gasteiger partial charge >= 0.3 is 0 Å². The highest BCUT2D eigenvalue weighted by atomic mass is 16.3. The lowest BCUT2D eigenvalue weighted by Gasteiger charge is -2.40. The van der Waals surface area contributed by atoms with Crippen LogP contribution in [0.3, 0.4) is 0 Å². The molecular weight excluding hydrogens is 438 g/mol. The van der Waals surface area contributed by atoms with Crippen molar-refractivity contribution in [1.82, 2.24) is 14.4 Å². The molecule has 180 valence electrons. The second kappa shape index (κ2) is 9.82. The Balaban J connectivity index is 1.28. The maximum atomic E-state index is 13.6. The highest BCUT2D eigenvalue weighted by molar-refractivity contribution is 5.98. The largest absolute Gasteiger partial charge is 0.448 e. The van der Waals surface area contributed by atoms with Crippen molar-refractivity contribution in [1.29, 1.82) is 0 Å². The minimum absolute atomic E-state index is 0.0215. The van der Waals surface area contributed by atoms with E-state index in [-0.39, 0.29) is 17.9 Å². The number of hydrogen-bond donors (Lipinski definition) is 0. The summed E-state index contributed by atoms with van der Waals surface area (Å²) in [4.78, 5) is 30.3. The Morgan fingerprint density at radius 3 is 2.49 bits per heavy atom. The SMILES string of the molecule is Cc1ccc(Cn2c(C(=O)N3CCN(C(=O)CCc4ccccc4)[C@@H](C)C3)cc3ccoc32)cc1. The number of piperazine rings is 1. The molecule has 2 amide bonds. The Labute approximate surface area is 205 Å². The minimum atomic E-state index is -0.0283. The minimum Gasteiger partial charge on any atom is -0.448 e. The maximum absolute atomic E-state index is 13.6. The van der Waals surface area contributed by atoms with Gasteiger partial charge in [-0.1, -0.05) is 60.2 Å². The number of carbonyl (C=O) groups is 2. The third-order valence-corrected chi connectivity index (χ3v) is 6.89. The number of nitrogens with zero attached hydrogens (tertiary/aromatic N) is 3. The van der Waals surface area contributed by atoms with Crippen LogP contribution in [0.2, 0.25) is 0 Å². The summed E-state index contributed by atoms with van der Waals surface area (Å²) in [6.45, 7) is 6.24. The zero-order valence-electron chi connectivity index (χ0n) is 20.3. The molecule has 1 atom stereocenters. The van der Waals surface area contributed by atoms with E-state index in [1.807, 2.05) is 51.6 Å². The summed E-state index contributed by atoms with van der Waals surface area (Å²) in [5, 5.41) is 0.920. The van der Waals surface area contributed by atoms with Crippen molar-refractivity contribution in [3.63, 3.8) is 0 Å². The van der Waals surface area contributed by atoms with E-state index in [9.17, 15) is 9.59 Å². The molecule has 0 bridgehead atoms. The Hall–Kier alpha value is -3.80. The molecule has 2 aromatic heterocycles. The number of hydrogen-bond acceptors (Lipinski definition) is 3. The van der Waals surface area contributed by atoms with Crippen LogP contribution < -0.4 is 0 Å². The third kappa shape index (κ3) is 4.87. The van der Waals surface area contributed by atoms with Gasteiger partial charge in [0.25, 0.3) is 5.91 Å². The zero-order valence-corrected chi connectivity index (χ0v) is 20.3. The van der Waals surface area contributed by atoms with E-state index in [1.165, 1.54) is 11.1 Å². The molecule has 0 spiro atoms. The average molecular weight is 470 g/mol. The molecule has 1 aliphatic rings. The molecule has 1 saturated heterocycles. The van der Waals surface area contributed by atoms with E-state index in [0.29, 0.717) is 44.0 Å². The zero-order chi connectivity index (χ0) is 24.4. The van der Waals surface area contributed by atoms with Crippen molar-refractivity contribution in [2.24, 2.45) is 0 Å². The van der Waals surface area contributed by atoms with E-state index in [1.54, 1.807) is 6.26 Å². The van der Waals surface area contributed by atoms with Gasteiger partial charge in [-0.2, -0.15) is 0 Å². The highest BCUT2D eigenvalue weighted by Gasteiger charge is 2.31. The van der Waals surface area contributed by atoms with Crippen molar-refractivity contribution in [3.05, 3.63) is 95.4 Å². The van der Waals surface area contributed by atoms with Gasteiger partial charge in [-0.25, -0.2) is 0 Å². The van der Waals surface area contributed by atoms with Crippen LogP contribution in [0.5, 0.6) is 0 Å². The fraction of sp³-hybridized carbons (Fsp3) is 0.310. The maximum Gasteiger partial charge on any atom is 0.270 e. The molecule has 3 heterocycles. The lowest BCUT2D eigenvalue weighted by Crippen LogP contribution is -2.55. The van der Waals surface area contributed by atoms with Crippen LogP contribution in [0, 0.1) is 6.92 Å². The first-order valence-corrected chi connectivity index (χ1v) is 12.2. The predicted octanol–water partition coefficient (Wildman–Crippen LogP) is 4.90. The smallest absolute Gasteiger partial charge is 0.270 e. The van der Waals surface area contributed by atoms with Crippen LogP contribution in [-0.4, -0.2) is 51.9 Å². The Morgan fingerprint density at radius 2 is 1.74 bits per heavy atom. The van der Waals surface area contributed by atoms with Crippen LogP contribution in [0.1, 0.15) is 40.5 Å². The topological polar surface area (TPSA) is 58.7 Å². The number of carbonyl (C=O) groups excluding carboxylic acids is 2. The molecule has 0 N–H and O–H groups in total. The number of furan rings is 1. The van der Waals surface area contributed by atoms with Crippen molar-refractivity contribution < 1.29 is 14.0 Å². The molecule has 1 fully saturated rings. The van der Waals surface area contributed by atoms with Crippen molar-refractivity contribution in [3.8, 4) is 0 Å². The Morgan fingerprint density at radius 1 is 0.971 bits per heavy atom. The Kier molecular flexibility index (Phi) is 6.45. The number of aryl methyl sites for hydroxylation is 2. The second-order valence-corrected chi connectivity index (χ2v) is 9.46. The predicted molar refractivity (Wildman–Crippen MR) is 136 cm³/mol. The van der Waals surface area contributed by atoms with E-state index >= 15 is 0 Å². The van der Waals surface area contributed by atoms with Gasteiger partial charge in [0, 0.05) is 37.5 Å². The third-order valence-electron chi connectivity index (χ3n) is 6.89.